The molecule has 0 radical (unpaired) electrons. The molecular weight excluding hydrogens is 219 g/mol. The van der Waals surface area contributed by atoms with Gasteiger partial charge in [0.25, 0.3) is 0 Å². The molecule has 0 aliphatic rings. The van der Waals surface area contributed by atoms with E-state index in [1.165, 1.54) is 19.1 Å². The van der Waals surface area contributed by atoms with E-state index in [-0.39, 0.29) is 11.3 Å². The third-order valence-electron chi connectivity index (χ3n) is 1.72. The van der Waals surface area contributed by atoms with E-state index in [9.17, 15) is 9.18 Å². The summed E-state index contributed by atoms with van der Waals surface area (Å²) in [6.45, 7) is 1.51. The Morgan fingerprint density at radius 2 is 2.33 bits per heavy atom. The van der Waals surface area contributed by atoms with Crippen molar-refractivity contribution in [2.45, 2.75) is 12.3 Å². The van der Waals surface area contributed by atoms with Crippen LogP contribution < -0.4 is 5.32 Å². The molecule has 0 saturated heterocycles. The van der Waals surface area contributed by atoms with E-state index in [1.807, 2.05) is 0 Å². The van der Waals surface area contributed by atoms with Gasteiger partial charge in [0, 0.05) is 5.69 Å². The number of amides is 1. The van der Waals surface area contributed by atoms with Crippen LogP contribution in [0.1, 0.15) is 12.5 Å². The number of nitrogens with zero attached hydrogens (tertiary/aromatic N) is 1. The summed E-state index contributed by atoms with van der Waals surface area (Å²) in [5, 5.41) is 10.2. The summed E-state index contributed by atoms with van der Waals surface area (Å²) in [6.07, 6.45) is 0. The third kappa shape index (κ3) is 2.93. The molecule has 1 unspecified atom stereocenters. The topological polar surface area (TPSA) is 52.9 Å². The summed E-state index contributed by atoms with van der Waals surface area (Å²) in [5.41, 5.74) is 0.218. The zero-order chi connectivity index (χ0) is 11.4. The van der Waals surface area contributed by atoms with Crippen molar-refractivity contribution in [3.63, 3.8) is 0 Å². The Balaban J connectivity index is 2.86. The van der Waals surface area contributed by atoms with Gasteiger partial charge in [-0.25, -0.2) is 4.39 Å². The number of hydrogen-bond donors (Lipinski definition) is 1. The average molecular weight is 227 g/mol. The van der Waals surface area contributed by atoms with Gasteiger partial charge in [0.1, 0.15) is 17.3 Å². The Bertz CT molecular complexity index is 426. The fraction of sp³-hybridized carbons (Fsp3) is 0.200. The van der Waals surface area contributed by atoms with Gasteiger partial charge in [-0.1, -0.05) is 0 Å². The minimum Gasteiger partial charge on any atom is -0.325 e. The smallest absolute Gasteiger partial charge is 0.242 e. The molecule has 15 heavy (non-hydrogen) atoms. The summed E-state index contributed by atoms with van der Waals surface area (Å²) >= 11 is 5.52. The number of benzene rings is 1. The summed E-state index contributed by atoms with van der Waals surface area (Å²) in [4.78, 5) is 11.1. The van der Waals surface area contributed by atoms with Crippen molar-refractivity contribution >= 4 is 23.2 Å². The van der Waals surface area contributed by atoms with Gasteiger partial charge in [-0.15, -0.1) is 11.6 Å². The molecule has 1 amide bonds. The van der Waals surface area contributed by atoms with Crippen LogP contribution in [0.3, 0.4) is 0 Å². The molecule has 78 valence electrons. The molecule has 0 heterocycles. The van der Waals surface area contributed by atoms with E-state index in [2.05, 4.69) is 5.32 Å². The van der Waals surface area contributed by atoms with Crippen LogP contribution in [-0.4, -0.2) is 11.3 Å². The quantitative estimate of drug-likeness (QED) is 0.787. The normalized spacial score (nSPS) is 11.6. The highest BCUT2D eigenvalue weighted by Crippen LogP contribution is 2.14. The van der Waals surface area contributed by atoms with Crippen molar-refractivity contribution in [2.75, 3.05) is 5.32 Å². The van der Waals surface area contributed by atoms with Crippen LogP contribution >= 0.6 is 11.6 Å². The Labute approximate surface area is 91.5 Å². The lowest BCUT2D eigenvalue weighted by molar-refractivity contribution is -0.115. The van der Waals surface area contributed by atoms with Crippen molar-refractivity contribution in [2.24, 2.45) is 0 Å². The summed E-state index contributed by atoms with van der Waals surface area (Å²) in [7, 11) is 0. The van der Waals surface area contributed by atoms with Gasteiger partial charge < -0.3 is 5.32 Å². The Hall–Kier alpha value is -1.60. The highest BCUT2D eigenvalue weighted by atomic mass is 35.5. The molecule has 0 spiro atoms. The van der Waals surface area contributed by atoms with Crippen molar-refractivity contribution in [3.05, 3.63) is 29.6 Å². The number of carbonyl (C=O) groups is 1. The standard InChI is InChI=1S/C10H8ClFN2O/c1-6(11)10(15)14-8-3-2-7(5-13)9(12)4-8/h2-4,6H,1H3,(H,14,15). The number of hydrogen-bond acceptors (Lipinski definition) is 2. The molecule has 1 aromatic rings. The second-order valence-corrected chi connectivity index (χ2v) is 3.57. The molecular formula is C10H8ClFN2O. The number of anilines is 1. The second-order valence-electron chi connectivity index (χ2n) is 2.91. The second kappa shape index (κ2) is 4.76. The predicted molar refractivity (Wildman–Crippen MR) is 55.1 cm³/mol. The van der Waals surface area contributed by atoms with Gasteiger partial charge in [-0.3, -0.25) is 4.79 Å². The van der Waals surface area contributed by atoms with Crippen molar-refractivity contribution in [1.82, 2.24) is 0 Å². The molecule has 5 heteroatoms. The first-order valence-electron chi connectivity index (χ1n) is 4.19. The third-order valence-corrected chi connectivity index (χ3v) is 1.92. The zero-order valence-electron chi connectivity index (χ0n) is 7.92. The summed E-state index contributed by atoms with van der Waals surface area (Å²) in [6, 6.07) is 5.50. The van der Waals surface area contributed by atoms with Gasteiger partial charge >= 0.3 is 0 Å². The largest absolute Gasteiger partial charge is 0.325 e. The minimum absolute atomic E-state index is 0.0630. The van der Waals surface area contributed by atoms with Gasteiger partial charge in [-0.05, 0) is 25.1 Å². The molecule has 0 fully saturated rings. The molecule has 0 aromatic heterocycles. The number of carbonyl (C=O) groups excluding carboxylic acids is 1. The molecule has 1 aromatic carbocycles. The van der Waals surface area contributed by atoms with Crippen molar-refractivity contribution in [1.29, 1.82) is 5.26 Å². The van der Waals surface area contributed by atoms with Crippen LogP contribution in [0.5, 0.6) is 0 Å². The molecule has 0 bridgehead atoms. The first kappa shape index (κ1) is 11.5. The van der Waals surface area contributed by atoms with Gasteiger partial charge in [-0.2, -0.15) is 5.26 Å². The highest BCUT2D eigenvalue weighted by molar-refractivity contribution is 6.32. The molecule has 1 N–H and O–H groups in total. The number of halogens is 2. The number of alkyl halides is 1. The van der Waals surface area contributed by atoms with Crippen LogP contribution in [0.4, 0.5) is 10.1 Å². The maximum Gasteiger partial charge on any atom is 0.242 e. The van der Waals surface area contributed by atoms with Crippen LogP contribution in [0, 0.1) is 17.1 Å². The van der Waals surface area contributed by atoms with E-state index in [0.29, 0.717) is 0 Å². The Kier molecular flexibility index (Phi) is 3.64. The first-order chi connectivity index (χ1) is 7.04. The maximum absolute atomic E-state index is 13.1. The van der Waals surface area contributed by atoms with Crippen LogP contribution in [0.2, 0.25) is 0 Å². The predicted octanol–water partition coefficient (Wildman–Crippen LogP) is 2.26. The monoisotopic (exact) mass is 226 g/mol. The van der Waals surface area contributed by atoms with Crippen LogP contribution in [0.25, 0.3) is 0 Å². The lowest BCUT2D eigenvalue weighted by atomic mass is 10.2. The van der Waals surface area contributed by atoms with Crippen molar-refractivity contribution in [3.8, 4) is 6.07 Å². The van der Waals surface area contributed by atoms with Gasteiger partial charge in [0.15, 0.2) is 0 Å². The van der Waals surface area contributed by atoms with E-state index < -0.39 is 17.1 Å². The molecule has 1 rings (SSSR count). The van der Waals surface area contributed by atoms with Gasteiger partial charge in [0.05, 0.1) is 5.56 Å². The molecule has 0 aliphatic carbocycles. The van der Waals surface area contributed by atoms with Crippen LogP contribution in [0.15, 0.2) is 18.2 Å². The molecule has 1 atom stereocenters. The lowest BCUT2D eigenvalue weighted by Crippen LogP contribution is -2.20. The van der Waals surface area contributed by atoms with Crippen LogP contribution in [-0.2, 0) is 4.79 Å². The zero-order valence-corrected chi connectivity index (χ0v) is 8.68. The molecule has 0 aliphatic heterocycles. The maximum atomic E-state index is 13.1. The molecule has 3 nitrogen and oxygen atoms in total. The van der Waals surface area contributed by atoms with E-state index in [4.69, 9.17) is 16.9 Å². The van der Waals surface area contributed by atoms with Gasteiger partial charge in [0.2, 0.25) is 5.91 Å². The van der Waals surface area contributed by atoms with Crippen molar-refractivity contribution < 1.29 is 9.18 Å². The number of rotatable bonds is 2. The number of nitrogens with one attached hydrogen (secondary N) is 1. The summed E-state index contributed by atoms with van der Waals surface area (Å²) in [5.74, 6) is -1.08. The summed E-state index contributed by atoms with van der Waals surface area (Å²) < 4.78 is 13.1. The average Bonchev–Trinajstić information content (AvgIpc) is 2.18. The minimum atomic E-state index is -0.691. The van der Waals surface area contributed by atoms with E-state index in [1.54, 1.807) is 6.07 Å². The fourth-order valence-corrected chi connectivity index (χ4v) is 0.980. The Morgan fingerprint density at radius 3 is 2.80 bits per heavy atom. The lowest BCUT2D eigenvalue weighted by Gasteiger charge is -2.06. The first-order valence-corrected chi connectivity index (χ1v) is 4.63. The van der Waals surface area contributed by atoms with E-state index >= 15 is 0 Å². The fourth-order valence-electron chi connectivity index (χ4n) is 0.925. The molecule has 0 saturated carbocycles. The number of nitriles is 1. The van der Waals surface area contributed by atoms with E-state index in [0.717, 1.165) is 6.07 Å². The Morgan fingerprint density at radius 1 is 1.67 bits per heavy atom. The highest BCUT2D eigenvalue weighted by Gasteiger charge is 2.10. The SMILES string of the molecule is CC(Cl)C(=O)Nc1ccc(C#N)c(F)c1.